The third-order valence-electron chi connectivity index (χ3n) is 4.91. The molecule has 2 N–H and O–H groups in total. The van der Waals surface area contributed by atoms with Gasteiger partial charge in [0.05, 0.1) is 17.2 Å². The molecular formula is C27H25N3O4S. The zero-order chi connectivity index (χ0) is 24.6. The molecule has 1 saturated heterocycles. The first-order valence-electron chi connectivity index (χ1n) is 11.1. The van der Waals surface area contributed by atoms with Crippen molar-refractivity contribution in [1.29, 1.82) is 0 Å². The monoisotopic (exact) mass is 487 g/mol. The van der Waals surface area contributed by atoms with Gasteiger partial charge in [0.1, 0.15) is 11.5 Å². The molecule has 35 heavy (non-hydrogen) atoms. The van der Waals surface area contributed by atoms with Gasteiger partial charge in [-0.15, -0.1) is 0 Å². The highest BCUT2D eigenvalue weighted by molar-refractivity contribution is 8.18. The van der Waals surface area contributed by atoms with Crippen LogP contribution in [0.1, 0.15) is 18.1 Å². The van der Waals surface area contributed by atoms with Gasteiger partial charge >= 0.3 is 0 Å². The summed E-state index contributed by atoms with van der Waals surface area (Å²) in [6.45, 7) is 4.40. The van der Waals surface area contributed by atoms with Crippen molar-refractivity contribution < 1.29 is 19.1 Å². The van der Waals surface area contributed by atoms with Crippen molar-refractivity contribution in [3.05, 3.63) is 88.8 Å². The topological polar surface area (TPSA) is 89.0 Å². The van der Waals surface area contributed by atoms with E-state index in [1.165, 1.54) is 11.8 Å². The zero-order valence-electron chi connectivity index (χ0n) is 19.4. The number of amidine groups is 1. The molecule has 178 valence electrons. The van der Waals surface area contributed by atoms with Crippen molar-refractivity contribution in [1.82, 2.24) is 5.32 Å². The maximum absolute atomic E-state index is 12.3. The summed E-state index contributed by atoms with van der Waals surface area (Å²) in [5, 5.41) is 6.12. The summed E-state index contributed by atoms with van der Waals surface area (Å²) < 4.78 is 11.0. The molecule has 0 atom stereocenters. The van der Waals surface area contributed by atoms with Crippen LogP contribution in [0, 0.1) is 6.92 Å². The SMILES string of the molecule is CCOc1ccc(NC(=O)COc2ccc(/C=C3\SC(=Nc4ccc(C)cc4)NC3=O)cc2)cc1. The summed E-state index contributed by atoms with van der Waals surface area (Å²) in [5.41, 5.74) is 3.44. The summed E-state index contributed by atoms with van der Waals surface area (Å²) >= 11 is 1.29. The molecule has 8 heteroatoms. The molecule has 0 aliphatic carbocycles. The normalized spacial score (nSPS) is 15.2. The van der Waals surface area contributed by atoms with E-state index in [-0.39, 0.29) is 18.4 Å². The van der Waals surface area contributed by atoms with Crippen LogP contribution in [0.15, 0.2) is 82.7 Å². The minimum atomic E-state index is -0.264. The Bertz CT molecular complexity index is 1250. The predicted octanol–water partition coefficient (Wildman–Crippen LogP) is 5.30. The van der Waals surface area contributed by atoms with Crippen molar-refractivity contribution >= 4 is 46.2 Å². The van der Waals surface area contributed by atoms with Gasteiger partial charge in [-0.25, -0.2) is 4.99 Å². The second-order valence-electron chi connectivity index (χ2n) is 7.68. The van der Waals surface area contributed by atoms with Crippen LogP contribution in [-0.2, 0) is 9.59 Å². The first-order chi connectivity index (χ1) is 17.0. The number of benzene rings is 3. The van der Waals surface area contributed by atoms with Gasteiger partial charge in [-0.1, -0.05) is 29.8 Å². The average molecular weight is 488 g/mol. The number of nitrogens with one attached hydrogen (secondary N) is 2. The van der Waals surface area contributed by atoms with E-state index in [1.54, 1.807) is 42.5 Å². The number of amides is 2. The van der Waals surface area contributed by atoms with E-state index in [2.05, 4.69) is 15.6 Å². The fraction of sp³-hybridized carbons (Fsp3) is 0.148. The highest BCUT2D eigenvalue weighted by atomic mass is 32.2. The zero-order valence-corrected chi connectivity index (χ0v) is 20.2. The number of nitrogens with zero attached hydrogens (tertiary/aromatic N) is 1. The highest BCUT2D eigenvalue weighted by Crippen LogP contribution is 2.28. The molecule has 4 rings (SSSR count). The van der Waals surface area contributed by atoms with Crippen molar-refractivity contribution in [2.75, 3.05) is 18.5 Å². The second-order valence-corrected chi connectivity index (χ2v) is 8.71. The third kappa shape index (κ3) is 6.97. The van der Waals surface area contributed by atoms with Gasteiger partial charge in [0.25, 0.3) is 11.8 Å². The minimum absolute atomic E-state index is 0.120. The standard InChI is InChI=1S/C27H25N3O4S/c1-3-33-22-14-10-20(11-15-22)28-25(31)17-34-23-12-6-19(7-13-23)16-24-26(32)30-27(35-24)29-21-8-4-18(2)5-9-21/h4-16H,3,17H2,1-2H3,(H,28,31)(H,29,30,32)/b24-16-. The van der Waals surface area contributed by atoms with Crippen molar-refractivity contribution in [2.24, 2.45) is 4.99 Å². The molecule has 7 nitrogen and oxygen atoms in total. The third-order valence-corrected chi connectivity index (χ3v) is 5.82. The number of carbonyl (C=O) groups excluding carboxylic acids is 2. The Morgan fingerprint density at radius 3 is 2.31 bits per heavy atom. The van der Waals surface area contributed by atoms with Crippen LogP contribution in [0.3, 0.4) is 0 Å². The number of aryl methyl sites for hydroxylation is 1. The van der Waals surface area contributed by atoms with Crippen molar-refractivity contribution in [3.8, 4) is 11.5 Å². The number of carbonyl (C=O) groups is 2. The Balaban J connectivity index is 1.30. The number of anilines is 1. The van der Waals surface area contributed by atoms with Gasteiger partial charge in [-0.05, 0) is 85.8 Å². The Hall–Kier alpha value is -4.04. The lowest BCUT2D eigenvalue weighted by Gasteiger charge is -2.09. The van der Waals surface area contributed by atoms with Crippen LogP contribution < -0.4 is 20.1 Å². The smallest absolute Gasteiger partial charge is 0.264 e. The summed E-state index contributed by atoms with van der Waals surface area (Å²) in [7, 11) is 0. The van der Waals surface area contributed by atoms with Crippen LogP contribution in [0.25, 0.3) is 6.08 Å². The Labute approximate surface area is 208 Å². The maximum Gasteiger partial charge on any atom is 0.264 e. The number of ether oxygens (including phenoxy) is 2. The van der Waals surface area contributed by atoms with E-state index in [4.69, 9.17) is 9.47 Å². The van der Waals surface area contributed by atoms with Crippen molar-refractivity contribution in [3.63, 3.8) is 0 Å². The summed E-state index contributed by atoms with van der Waals surface area (Å²) in [6, 6.07) is 22.1. The van der Waals surface area contributed by atoms with Gasteiger partial charge in [0.15, 0.2) is 11.8 Å². The van der Waals surface area contributed by atoms with Gasteiger partial charge in [-0.3, -0.25) is 9.59 Å². The molecule has 1 fully saturated rings. The van der Waals surface area contributed by atoms with Crippen LogP contribution in [-0.4, -0.2) is 30.2 Å². The van der Waals surface area contributed by atoms with E-state index in [1.807, 2.05) is 50.2 Å². The van der Waals surface area contributed by atoms with E-state index in [0.29, 0.717) is 28.1 Å². The number of hydrogen-bond donors (Lipinski definition) is 2. The number of thioether (sulfide) groups is 1. The van der Waals surface area contributed by atoms with Crippen LogP contribution in [0.4, 0.5) is 11.4 Å². The lowest BCUT2D eigenvalue weighted by molar-refractivity contribution is -0.118. The summed E-state index contributed by atoms with van der Waals surface area (Å²) in [4.78, 5) is 29.5. The molecule has 0 saturated carbocycles. The van der Waals surface area contributed by atoms with Gasteiger partial charge in [0, 0.05) is 5.69 Å². The Morgan fingerprint density at radius 1 is 0.971 bits per heavy atom. The van der Waals surface area contributed by atoms with E-state index >= 15 is 0 Å². The summed E-state index contributed by atoms with van der Waals surface area (Å²) in [6.07, 6.45) is 1.79. The molecule has 2 amide bonds. The molecule has 0 unspecified atom stereocenters. The molecular weight excluding hydrogens is 462 g/mol. The molecule has 3 aromatic rings. The van der Waals surface area contributed by atoms with E-state index in [9.17, 15) is 9.59 Å². The minimum Gasteiger partial charge on any atom is -0.494 e. The number of rotatable bonds is 8. The quantitative estimate of drug-likeness (QED) is 0.421. The maximum atomic E-state index is 12.3. The van der Waals surface area contributed by atoms with E-state index in [0.717, 1.165) is 22.6 Å². The van der Waals surface area contributed by atoms with E-state index < -0.39 is 0 Å². The number of hydrogen-bond acceptors (Lipinski definition) is 6. The Morgan fingerprint density at radius 2 is 1.63 bits per heavy atom. The second kappa shape index (κ2) is 11.4. The molecule has 0 radical (unpaired) electrons. The average Bonchev–Trinajstić information content (AvgIpc) is 3.20. The fourth-order valence-corrected chi connectivity index (χ4v) is 4.02. The summed E-state index contributed by atoms with van der Waals surface area (Å²) in [5.74, 6) is 0.853. The van der Waals surface area contributed by atoms with Crippen LogP contribution in [0.2, 0.25) is 0 Å². The molecule has 0 aromatic heterocycles. The predicted molar refractivity (Wildman–Crippen MR) is 140 cm³/mol. The van der Waals surface area contributed by atoms with Gasteiger partial charge < -0.3 is 20.1 Å². The molecule has 1 heterocycles. The molecule has 0 spiro atoms. The Kier molecular flexibility index (Phi) is 7.84. The highest BCUT2D eigenvalue weighted by Gasteiger charge is 2.23. The number of aliphatic imine (C=N–C) groups is 1. The van der Waals surface area contributed by atoms with Crippen LogP contribution >= 0.6 is 11.8 Å². The molecule has 1 aliphatic heterocycles. The lowest BCUT2D eigenvalue weighted by atomic mass is 10.2. The van der Waals surface area contributed by atoms with Crippen molar-refractivity contribution in [2.45, 2.75) is 13.8 Å². The molecule has 1 aliphatic rings. The van der Waals surface area contributed by atoms with Gasteiger partial charge in [0.2, 0.25) is 0 Å². The first-order valence-corrected chi connectivity index (χ1v) is 11.9. The van der Waals surface area contributed by atoms with Crippen LogP contribution in [0.5, 0.6) is 11.5 Å². The fourth-order valence-electron chi connectivity index (χ4n) is 3.18. The molecule has 0 bridgehead atoms. The molecule has 3 aromatic carbocycles. The van der Waals surface area contributed by atoms with Gasteiger partial charge in [-0.2, -0.15) is 0 Å². The largest absolute Gasteiger partial charge is 0.494 e. The lowest BCUT2D eigenvalue weighted by Crippen LogP contribution is -2.20. The first kappa shape index (κ1) is 24.1.